The van der Waals surface area contributed by atoms with Crippen LogP contribution in [0.3, 0.4) is 0 Å². The predicted octanol–water partition coefficient (Wildman–Crippen LogP) is 5.02. The SMILES string of the molecule is COC=CC(C)(C)Cc1cc(C(=O)OC)ccc1-c1cc(OC)ccc1F. The van der Waals surface area contributed by atoms with E-state index in [1.54, 1.807) is 43.7 Å². The van der Waals surface area contributed by atoms with Gasteiger partial charge in [0, 0.05) is 5.56 Å². The maximum Gasteiger partial charge on any atom is 0.337 e. The van der Waals surface area contributed by atoms with Crippen molar-refractivity contribution < 1.29 is 23.4 Å². The summed E-state index contributed by atoms with van der Waals surface area (Å²) in [7, 11) is 4.46. The third-order valence-electron chi connectivity index (χ3n) is 4.29. The van der Waals surface area contributed by atoms with Crippen LogP contribution in [0.1, 0.15) is 29.8 Å². The Kier molecular flexibility index (Phi) is 6.61. The highest BCUT2D eigenvalue weighted by molar-refractivity contribution is 5.90. The molecule has 0 saturated carbocycles. The minimum atomic E-state index is -0.431. The Balaban J connectivity index is 2.60. The molecule has 4 nitrogen and oxygen atoms in total. The molecule has 2 aromatic rings. The lowest BCUT2D eigenvalue weighted by Gasteiger charge is -2.23. The summed E-state index contributed by atoms with van der Waals surface area (Å²) in [5, 5.41) is 0. The van der Waals surface area contributed by atoms with Gasteiger partial charge in [0.15, 0.2) is 0 Å². The van der Waals surface area contributed by atoms with Gasteiger partial charge in [0.25, 0.3) is 0 Å². The van der Waals surface area contributed by atoms with E-state index in [4.69, 9.17) is 14.2 Å². The van der Waals surface area contributed by atoms with Gasteiger partial charge in [0.2, 0.25) is 0 Å². The van der Waals surface area contributed by atoms with Crippen molar-refractivity contribution in [2.24, 2.45) is 5.41 Å². The summed E-state index contributed by atoms with van der Waals surface area (Å²) < 4.78 is 29.6. The van der Waals surface area contributed by atoms with Crippen LogP contribution < -0.4 is 4.74 Å². The number of hydrogen-bond donors (Lipinski definition) is 0. The lowest BCUT2D eigenvalue weighted by Crippen LogP contribution is -2.14. The highest BCUT2D eigenvalue weighted by atomic mass is 19.1. The standard InChI is InChI=1S/C22H25FO4/c1-22(2,10-11-25-3)14-16-12-15(21(24)27-5)6-8-18(16)19-13-17(26-4)7-9-20(19)23/h6-13H,14H2,1-5H3. The molecule has 0 aliphatic heterocycles. The molecule has 144 valence electrons. The second-order valence-corrected chi connectivity index (χ2v) is 6.91. The van der Waals surface area contributed by atoms with Crippen molar-refractivity contribution >= 4 is 5.97 Å². The molecule has 0 unspecified atom stereocenters. The zero-order chi connectivity index (χ0) is 20.0. The lowest BCUT2D eigenvalue weighted by atomic mass is 9.82. The Labute approximate surface area is 159 Å². The van der Waals surface area contributed by atoms with E-state index in [1.807, 2.05) is 19.9 Å². The molecule has 0 aliphatic carbocycles. The Hall–Kier alpha value is -2.82. The molecule has 0 fully saturated rings. The van der Waals surface area contributed by atoms with E-state index >= 15 is 0 Å². The average Bonchev–Trinajstić information content (AvgIpc) is 2.66. The van der Waals surface area contributed by atoms with Crippen LogP contribution in [-0.2, 0) is 15.9 Å². The van der Waals surface area contributed by atoms with Crippen molar-refractivity contribution in [2.75, 3.05) is 21.3 Å². The van der Waals surface area contributed by atoms with Gasteiger partial charge < -0.3 is 14.2 Å². The van der Waals surface area contributed by atoms with E-state index in [1.165, 1.54) is 20.3 Å². The first-order valence-electron chi connectivity index (χ1n) is 8.57. The molecular weight excluding hydrogens is 347 g/mol. The van der Waals surface area contributed by atoms with Gasteiger partial charge >= 0.3 is 5.97 Å². The van der Waals surface area contributed by atoms with Gasteiger partial charge in [-0.05, 0) is 59.4 Å². The summed E-state index contributed by atoms with van der Waals surface area (Å²) in [6.07, 6.45) is 4.13. The second-order valence-electron chi connectivity index (χ2n) is 6.91. The fourth-order valence-electron chi connectivity index (χ4n) is 2.89. The zero-order valence-electron chi connectivity index (χ0n) is 16.3. The van der Waals surface area contributed by atoms with Crippen molar-refractivity contribution in [3.63, 3.8) is 0 Å². The number of ether oxygens (including phenoxy) is 3. The molecule has 0 heterocycles. The van der Waals surface area contributed by atoms with Crippen LogP contribution in [-0.4, -0.2) is 27.3 Å². The van der Waals surface area contributed by atoms with Gasteiger partial charge in [-0.2, -0.15) is 0 Å². The average molecular weight is 372 g/mol. The molecule has 0 aromatic heterocycles. The Bertz CT molecular complexity index is 840. The number of carbonyl (C=O) groups is 1. The van der Waals surface area contributed by atoms with Crippen molar-refractivity contribution in [3.8, 4) is 16.9 Å². The highest BCUT2D eigenvalue weighted by Gasteiger charge is 2.21. The van der Waals surface area contributed by atoms with Crippen molar-refractivity contribution in [1.29, 1.82) is 0 Å². The highest BCUT2D eigenvalue weighted by Crippen LogP contribution is 2.34. The Morgan fingerprint density at radius 3 is 2.44 bits per heavy atom. The number of halogens is 1. The van der Waals surface area contributed by atoms with E-state index in [-0.39, 0.29) is 11.2 Å². The summed E-state index contributed by atoms with van der Waals surface area (Å²) in [6.45, 7) is 4.08. The van der Waals surface area contributed by atoms with Crippen LogP contribution >= 0.6 is 0 Å². The molecule has 2 aromatic carbocycles. The molecule has 0 aliphatic rings. The third kappa shape index (κ3) is 5.09. The number of rotatable bonds is 7. The largest absolute Gasteiger partial charge is 0.505 e. The molecule has 0 bridgehead atoms. The zero-order valence-corrected chi connectivity index (χ0v) is 16.3. The number of hydrogen-bond acceptors (Lipinski definition) is 4. The van der Waals surface area contributed by atoms with Crippen molar-refractivity contribution in [2.45, 2.75) is 20.3 Å². The molecule has 0 radical (unpaired) electrons. The molecular formula is C22H25FO4. The predicted molar refractivity (Wildman–Crippen MR) is 103 cm³/mol. The smallest absolute Gasteiger partial charge is 0.337 e. The van der Waals surface area contributed by atoms with Gasteiger partial charge in [-0.1, -0.05) is 19.9 Å². The van der Waals surface area contributed by atoms with Crippen molar-refractivity contribution in [1.82, 2.24) is 0 Å². The van der Waals surface area contributed by atoms with Gasteiger partial charge in [-0.25, -0.2) is 9.18 Å². The molecule has 2 rings (SSSR count). The van der Waals surface area contributed by atoms with Gasteiger partial charge in [-0.3, -0.25) is 0 Å². The van der Waals surface area contributed by atoms with E-state index < -0.39 is 5.97 Å². The molecule has 0 amide bonds. The molecule has 27 heavy (non-hydrogen) atoms. The molecule has 0 spiro atoms. The molecule has 0 saturated heterocycles. The van der Waals surface area contributed by atoms with E-state index in [9.17, 15) is 9.18 Å². The third-order valence-corrected chi connectivity index (χ3v) is 4.29. The van der Waals surface area contributed by atoms with Gasteiger partial charge in [0.1, 0.15) is 11.6 Å². The summed E-state index contributed by atoms with van der Waals surface area (Å²) in [5.74, 6) is -0.222. The van der Waals surface area contributed by atoms with Crippen molar-refractivity contribution in [3.05, 3.63) is 65.7 Å². The van der Waals surface area contributed by atoms with Crippen LogP contribution in [0.5, 0.6) is 5.75 Å². The number of benzene rings is 2. The van der Waals surface area contributed by atoms with Gasteiger partial charge in [-0.15, -0.1) is 0 Å². The van der Waals surface area contributed by atoms with E-state index in [0.717, 1.165) is 5.56 Å². The Morgan fingerprint density at radius 1 is 1.07 bits per heavy atom. The monoisotopic (exact) mass is 372 g/mol. The first-order valence-corrected chi connectivity index (χ1v) is 8.57. The first kappa shape index (κ1) is 20.5. The number of methoxy groups -OCH3 is 3. The van der Waals surface area contributed by atoms with Crippen LogP contribution in [0.15, 0.2) is 48.7 Å². The summed E-state index contributed by atoms with van der Waals surface area (Å²) >= 11 is 0. The number of carbonyl (C=O) groups excluding carboxylic acids is 1. The van der Waals surface area contributed by atoms with Crippen LogP contribution in [0.2, 0.25) is 0 Å². The number of esters is 1. The topological polar surface area (TPSA) is 44.8 Å². The fourth-order valence-corrected chi connectivity index (χ4v) is 2.89. The normalized spacial score (nSPS) is 11.5. The molecule has 0 atom stereocenters. The maximum atomic E-state index is 14.6. The summed E-state index contributed by atoms with van der Waals surface area (Å²) in [4.78, 5) is 12.0. The fraction of sp³-hybridized carbons (Fsp3) is 0.318. The Morgan fingerprint density at radius 2 is 1.81 bits per heavy atom. The van der Waals surface area contributed by atoms with E-state index in [2.05, 4.69) is 0 Å². The number of allylic oxidation sites excluding steroid dienone is 1. The van der Waals surface area contributed by atoms with Crippen LogP contribution in [0.25, 0.3) is 11.1 Å². The van der Waals surface area contributed by atoms with Crippen LogP contribution in [0, 0.1) is 11.2 Å². The lowest BCUT2D eigenvalue weighted by molar-refractivity contribution is 0.0600. The molecule has 0 N–H and O–H groups in total. The molecule has 5 heteroatoms. The van der Waals surface area contributed by atoms with E-state index in [0.29, 0.717) is 28.9 Å². The minimum absolute atomic E-state index is 0.269. The van der Waals surface area contributed by atoms with Crippen LogP contribution in [0.4, 0.5) is 4.39 Å². The first-order chi connectivity index (χ1) is 12.8. The minimum Gasteiger partial charge on any atom is -0.505 e. The second kappa shape index (κ2) is 8.71. The summed E-state index contributed by atoms with van der Waals surface area (Å²) in [5.41, 5.74) is 2.11. The quantitative estimate of drug-likeness (QED) is 0.506. The van der Waals surface area contributed by atoms with Gasteiger partial charge in [0.05, 0.1) is 33.2 Å². The maximum absolute atomic E-state index is 14.6. The summed E-state index contributed by atoms with van der Waals surface area (Å²) in [6, 6.07) is 9.75.